The van der Waals surface area contributed by atoms with Gasteiger partial charge in [-0.3, -0.25) is 4.79 Å². The Labute approximate surface area is 191 Å². The fourth-order valence-electron chi connectivity index (χ4n) is 3.67. The summed E-state index contributed by atoms with van der Waals surface area (Å²) in [5, 5.41) is 7.70. The number of rotatable bonds is 7. The van der Waals surface area contributed by atoms with E-state index < -0.39 is 0 Å². The number of anilines is 1. The number of thioether (sulfide) groups is 1. The standard InChI is InChI=1S/C24H25N3O4S/c1-5-12-31-19-11-6-16(13-20(19)30-4)23-22-15(2)26-27(24(22)25-21(28)14-32-23)17-7-9-18(29-3)10-8-17/h5-11,13,23H,1,12,14H2,2-4H3,(H,25,28)/t23-/m0/s1. The van der Waals surface area contributed by atoms with Gasteiger partial charge in [-0.1, -0.05) is 18.7 Å². The third kappa shape index (κ3) is 4.18. The van der Waals surface area contributed by atoms with Crippen LogP contribution in [0.3, 0.4) is 0 Å². The first-order valence-electron chi connectivity index (χ1n) is 10.1. The Morgan fingerprint density at radius 2 is 1.97 bits per heavy atom. The number of fused-ring (bicyclic) bond motifs is 1. The minimum Gasteiger partial charge on any atom is -0.497 e. The maximum Gasteiger partial charge on any atom is 0.235 e. The van der Waals surface area contributed by atoms with Crippen LogP contribution in [0.4, 0.5) is 5.82 Å². The van der Waals surface area contributed by atoms with Crippen LogP contribution in [0.15, 0.2) is 55.1 Å². The zero-order valence-electron chi connectivity index (χ0n) is 18.3. The molecule has 7 nitrogen and oxygen atoms in total. The Morgan fingerprint density at radius 3 is 2.66 bits per heavy atom. The molecular weight excluding hydrogens is 426 g/mol. The molecule has 0 saturated carbocycles. The smallest absolute Gasteiger partial charge is 0.235 e. The van der Waals surface area contributed by atoms with Crippen LogP contribution in [0.1, 0.15) is 22.1 Å². The van der Waals surface area contributed by atoms with Crippen molar-refractivity contribution < 1.29 is 19.0 Å². The number of hydrogen-bond donors (Lipinski definition) is 1. The van der Waals surface area contributed by atoms with Gasteiger partial charge in [-0.15, -0.1) is 11.8 Å². The Hall–Kier alpha value is -3.39. The Morgan fingerprint density at radius 1 is 1.19 bits per heavy atom. The van der Waals surface area contributed by atoms with Crippen molar-refractivity contribution >= 4 is 23.5 Å². The molecular formula is C24H25N3O4S. The lowest BCUT2D eigenvalue weighted by molar-refractivity contribution is -0.113. The summed E-state index contributed by atoms with van der Waals surface area (Å²) in [6.45, 7) is 6.04. The van der Waals surface area contributed by atoms with Crippen molar-refractivity contribution in [1.82, 2.24) is 9.78 Å². The lowest BCUT2D eigenvalue weighted by Crippen LogP contribution is -2.15. The second-order valence-corrected chi connectivity index (χ2v) is 8.30. The van der Waals surface area contributed by atoms with Gasteiger partial charge in [-0.25, -0.2) is 4.68 Å². The second-order valence-electron chi connectivity index (χ2n) is 7.21. The molecule has 0 bridgehead atoms. The Bertz CT molecular complexity index is 1140. The largest absolute Gasteiger partial charge is 0.497 e. The van der Waals surface area contributed by atoms with Crippen LogP contribution in [0, 0.1) is 6.92 Å². The molecule has 1 aromatic heterocycles. The van der Waals surface area contributed by atoms with Gasteiger partial charge in [0.15, 0.2) is 11.5 Å². The predicted octanol–water partition coefficient (Wildman–Crippen LogP) is 4.54. The maximum atomic E-state index is 12.6. The van der Waals surface area contributed by atoms with E-state index in [-0.39, 0.29) is 11.2 Å². The van der Waals surface area contributed by atoms with E-state index in [1.807, 2.05) is 49.4 Å². The maximum absolute atomic E-state index is 12.6. The molecule has 0 radical (unpaired) electrons. The fourth-order valence-corrected chi connectivity index (χ4v) is 4.85. The number of hydrogen-bond acceptors (Lipinski definition) is 6. The van der Waals surface area contributed by atoms with E-state index in [4.69, 9.17) is 19.3 Å². The number of carbonyl (C=O) groups excluding carboxylic acids is 1. The van der Waals surface area contributed by atoms with E-state index in [9.17, 15) is 4.79 Å². The van der Waals surface area contributed by atoms with E-state index in [2.05, 4.69) is 11.9 Å². The molecule has 1 atom stereocenters. The average molecular weight is 452 g/mol. The molecule has 166 valence electrons. The monoisotopic (exact) mass is 451 g/mol. The first-order chi connectivity index (χ1) is 15.5. The van der Waals surface area contributed by atoms with Crippen molar-refractivity contribution in [2.24, 2.45) is 0 Å². The van der Waals surface area contributed by atoms with Crippen molar-refractivity contribution in [2.45, 2.75) is 12.2 Å². The number of nitrogens with one attached hydrogen (secondary N) is 1. The number of aryl methyl sites for hydroxylation is 1. The minimum atomic E-state index is -0.0988. The molecule has 0 spiro atoms. The number of aromatic nitrogens is 2. The highest BCUT2D eigenvalue weighted by atomic mass is 32.2. The van der Waals surface area contributed by atoms with Gasteiger partial charge in [-0.05, 0) is 48.9 Å². The van der Waals surface area contributed by atoms with E-state index >= 15 is 0 Å². The molecule has 1 aliphatic heterocycles. The molecule has 0 aliphatic carbocycles. The number of nitrogens with zero attached hydrogens (tertiary/aromatic N) is 2. The number of methoxy groups -OCH3 is 2. The van der Waals surface area contributed by atoms with Crippen LogP contribution in [0.25, 0.3) is 5.69 Å². The number of benzene rings is 2. The topological polar surface area (TPSA) is 74.6 Å². The van der Waals surface area contributed by atoms with Crippen molar-refractivity contribution in [3.63, 3.8) is 0 Å². The Kier molecular flexibility index (Phi) is 6.41. The third-order valence-electron chi connectivity index (χ3n) is 5.17. The van der Waals surface area contributed by atoms with Crippen molar-refractivity contribution in [3.05, 3.63) is 71.9 Å². The van der Waals surface area contributed by atoms with Crippen LogP contribution in [0.2, 0.25) is 0 Å². The van der Waals surface area contributed by atoms with Gasteiger partial charge >= 0.3 is 0 Å². The molecule has 2 aromatic carbocycles. The van der Waals surface area contributed by atoms with Crippen molar-refractivity contribution in [1.29, 1.82) is 0 Å². The van der Waals surface area contributed by atoms with Gasteiger partial charge in [0.1, 0.15) is 18.2 Å². The molecule has 4 rings (SSSR count). The normalized spacial score (nSPS) is 15.3. The number of carbonyl (C=O) groups is 1. The first-order valence-corrected chi connectivity index (χ1v) is 11.2. The van der Waals surface area contributed by atoms with Crippen LogP contribution < -0.4 is 19.5 Å². The van der Waals surface area contributed by atoms with E-state index in [0.29, 0.717) is 29.7 Å². The first kappa shape index (κ1) is 21.8. The minimum absolute atomic E-state index is 0.0636. The number of amides is 1. The summed E-state index contributed by atoms with van der Waals surface area (Å²) in [7, 11) is 3.24. The average Bonchev–Trinajstić information content (AvgIpc) is 3.02. The highest BCUT2D eigenvalue weighted by Crippen LogP contribution is 2.45. The Balaban J connectivity index is 1.79. The molecule has 3 aromatic rings. The highest BCUT2D eigenvalue weighted by Gasteiger charge is 2.31. The molecule has 0 fully saturated rings. The molecule has 8 heteroatoms. The summed E-state index contributed by atoms with van der Waals surface area (Å²) in [5.74, 6) is 2.99. The SMILES string of the molecule is C=CCOc1ccc([C@@H]2SCC(=O)Nc3c2c(C)nn3-c2ccc(OC)cc2)cc1OC. The molecule has 1 aliphatic rings. The highest BCUT2D eigenvalue weighted by molar-refractivity contribution is 8.00. The summed E-state index contributed by atoms with van der Waals surface area (Å²) in [5.41, 5.74) is 3.67. The molecule has 0 unspecified atom stereocenters. The van der Waals surface area contributed by atoms with Gasteiger partial charge in [-0.2, -0.15) is 5.10 Å². The van der Waals surface area contributed by atoms with E-state index in [1.165, 1.54) is 0 Å². The fraction of sp³-hybridized carbons (Fsp3) is 0.250. The summed E-state index contributed by atoms with van der Waals surface area (Å²) >= 11 is 1.56. The van der Waals surface area contributed by atoms with Gasteiger partial charge in [0.25, 0.3) is 0 Å². The summed E-state index contributed by atoms with van der Waals surface area (Å²) in [6.07, 6.45) is 1.69. The lowest BCUT2D eigenvalue weighted by atomic mass is 10.0. The van der Waals surface area contributed by atoms with Crippen LogP contribution in [-0.4, -0.2) is 42.3 Å². The molecule has 1 amide bonds. The van der Waals surface area contributed by atoms with Crippen molar-refractivity contribution in [2.75, 3.05) is 31.9 Å². The predicted molar refractivity (Wildman–Crippen MR) is 126 cm³/mol. The van der Waals surface area contributed by atoms with Gasteiger partial charge in [0, 0.05) is 5.56 Å². The molecule has 2 heterocycles. The van der Waals surface area contributed by atoms with Gasteiger partial charge in [0.2, 0.25) is 5.91 Å². The van der Waals surface area contributed by atoms with E-state index in [1.54, 1.807) is 36.7 Å². The van der Waals surface area contributed by atoms with Crippen molar-refractivity contribution in [3.8, 4) is 22.9 Å². The molecule has 32 heavy (non-hydrogen) atoms. The van der Waals surface area contributed by atoms with Crippen LogP contribution in [-0.2, 0) is 4.79 Å². The zero-order chi connectivity index (χ0) is 22.7. The number of ether oxygens (including phenoxy) is 3. The summed E-state index contributed by atoms with van der Waals surface area (Å²) in [4.78, 5) is 12.6. The van der Waals surface area contributed by atoms with Crippen LogP contribution >= 0.6 is 11.8 Å². The summed E-state index contributed by atoms with van der Waals surface area (Å²) in [6, 6.07) is 13.4. The molecule has 1 N–H and O–H groups in total. The molecule has 0 saturated heterocycles. The zero-order valence-corrected chi connectivity index (χ0v) is 19.1. The quantitative estimate of drug-likeness (QED) is 0.532. The van der Waals surface area contributed by atoms with Crippen LogP contribution in [0.5, 0.6) is 17.2 Å². The van der Waals surface area contributed by atoms with E-state index in [0.717, 1.165) is 28.3 Å². The van der Waals surface area contributed by atoms with Gasteiger partial charge < -0.3 is 19.5 Å². The lowest BCUT2D eigenvalue weighted by Gasteiger charge is -2.18. The van der Waals surface area contributed by atoms with Gasteiger partial charge in [0.05, 0.1) is 36.6 Å². The third-order valence-corrected chi connectivity index (χ3v) is 6.44. The second kappa shape index (κ2) is 9.40. The summed E-state index contributed by atoms with van der Waals surface area (Å²) < 4.78 is 18.3.